The number of methoxy groups -OCH3 is 1. The van der Waals surface area contributed by atoms with E-state index in [1.54, 1.807) is 14.0 Å². The minimum absolute atomic E-state index is 0.162. The van der Waals surface area contributed by atoms with E-state index in [1.807, 2.05) is 24.3 Å². The Hall–Kier alpha value is -2.11. The lowest BCUT2D eigenvalue weighted by Crippen LogP contribution is -2.37. The van der Waals surface area contributed by atoms with Gasteiger partial charge in [0.2, 0.25) is 5.91 Å². The maximum Gasteiger partial charge on any atom is 0.241 e. The highest BCUT2D eigenvalue weighted by Crippen LogP contribution is 2.22. The molecule has 0 aliphatic rings. The van der Waals surface area contributed by atoms with Gasteiger partial charge in [-0.25, -0.2) is 4.39 Å². The average Bonchev–Trinajstić information content (AvgIpc) is 2.55. The maximum atomic E-state index is 13.0. The first-order valence-corrected chi connectivity index (χ1v) is 7.50. The van der Waals surface area contributed by atoms with Crippen LogP contribution in [0.3, 0.4) is 0 Å². The number of carbonyl (C=O) groups is 1. The summed E-state index contributed by atoms with van der Waals surface area (Å²) in [7, 11) is 1.60. The number of benzene rings is 2. The van der Waals surface area contributed by atoms with Crippen molar-refractivity contribution in [1.29, 1.82) is 0 Å². The largest absolute Gasteiger partial charge is 0.496 e. The van der Waals surface area contributed by atoms with Gasteiger partial charge >= 0.3 is 0 Å². The second-order valence-corrected chi connectivity index (χ2v) is 5.44. The molecule has 2 rings (SSSR count). The van der Waals surface area contributed by atoms with Gasteiger partial charge in [0, 0.05) is 12.1 Å². The highest BCUT2D eigenvalue weighted by molar-refractivity contribution is 6.33. The number of hydrogen-bond donors (Lipinski definition) is 2. The minimum Gasteiger partial charge on any atom is -0.496 e. The number of nitrogens with one attached hydrogen (secondary N) is 2. The number of halogens is 2. The normalized spacial score (nSPS) is 11.8. The lowest BCUT2D eigenvalue weighted by atomic mass is 10.2. The number of anilines is 1. The van der Waals surface area contributed by atoms with Crippen molar-refractivity contribution in [2.45, 2.75) is 19.5 Å². The van der Waals surface area contributed by atoms with Crippen LogP contribution in [-0.4, -0.2) is 19.1 Å². The summed E-state index contributed by atoms with van der Waals surface area (Å²) in [6.07, 6.45) is 0. The first kappa shape index (κ1) is 17.2. The Morgan fingerprint density at radius 2 is 2.04 bits per heavy atom. The third kappa shape index (κ3) is 4.68. The van der Waals surface area contributed by atoms with Crippen LogP contribution < -0.4 is 15.4 Å². The molecule has 0 spiro atoms. The Balaban J connectivity index is 1.95. The van der Waals surface area contributed by atoms with E-state index >= 15 is 0 Å². The molecule has 0 saturated heterocycles. The van der Waals surface area contributed by atoms with Gasteiger partial charge in [-0.2, -0.15) is 0 Å². The van der Waals surface area contributed by atoms with Crippen LogP contribution in [0.1, 0.15) is 12.5 Å². The van der Waals surface area contributed by atoms with E-state index in [4.69, 9.17) is 16.3 Å². The van der Waals surface area contributed by atoms with E-state index in [-0.39, 0.29) is 10.9 Å². The number of ether oxygens (including phenoxy) is 1. The molecule has 0 fully saturated rings. The molecule has 6 heteroatoms. The Morgan fingerprint density at radius 3 is 2.74 bits per heavy atom. The summed E-state index contributed by atoms with van der Waals surface area (Å²) in [5.74, 6) is 0.0536. The predicted octanol–water partition coefficient (Wildman–Crippen LogP) is 3.60. The third-order valence-electron chi connectivity index (χ3n) is 3.37. The summed E-state index contributed by atoms with van der Waals surface area (Å²) < 4.78 is 18.3. The van der Waals surface area contributed by atoms with Gasteiger partial charge in [0.1, 0.15) is 11.6 Å². The molecule has 122 valence electrons. The lowest BCUT2D eigenvalue weighted by Gasteiger charge is -2.16. The van der Waals surface area contributed by atoms with Crippen LogP contribution in [0.2, 0.25) is 5.02 Å². The number of hydrogen-bond acceptors (Lipinski definition) is 3. The molecule has 23 heavy (non-hydrogen) atoms. The molecule has 2 aromatic carbocycles. The lowest BCUT2D eigenvalue weighted by molar-refractivity contribution is -0.117. The molecule has 2 N–H and O–H groups in total. The summed E-state index contributed by atoms with van der Waals surface area (Å²) in [6.45, 7) is 2.22. The van der Waals surface area contributed by atoms with E-state index < -0.39 is 11.9 Å². The van der Waals surface area contributed by atoms with Crippen molar-refractivity contribution in [3.8, 4) is 5.75 Å². The Bertz CT molecular complexity index is 694. The van der Waals surface area contributed by atoms with Crippen LogP contribution in [-0.2, 0) is 11.3 Å². The molecular formula is C17H18ClFN2O2. The van der Waals surface area contributed by atoms with Crippen molar-refractivity contribution < 1.29 is 13.9 Å². The molecule has 1 amide bonds. The number of rotatable bonds is 6. The molecule has 2 aromatic rings. The molecule has 0 radical (unpaired) electrons. The van der Waals surface area contributed by atoms with E-state index in [0.29, 0.717) is 12.2 Å². The van der Waals surface area contributed by atoms with Crippen LogP contribution in [0.5, 0.6) is 5.75 Å². The summed E-state index contributed by atoms with van der Waals surface area (Å²) >= 11 is 5.90. The third-order valence-corrected chi connectivity index (χ3v) is 3.69. The zero-order valence-corrected chi connectivity index (χ0v) is 13.7. The molecule has 0 heterocycles. The van der Waals surface area contributed by atoms with Crippen LogP contribution in [0.15, 0.2) is 42.5 Å². The van der Waals surface area contributed by atoms with Gasteiger partial charge < -0.3 is 15.4 Å². The topological polar surface area (TPSA) is 50.4 Å². The minimum atomic E-state index is -0.457. The maximum absolute atomic E-state index is 13.0. The highest BCUT2D eigenvalue weighted by Gasteiger charge is 2.15. The smallest absolute Gasteiger partial charge is 0.241 e. The monoisotopic (exact) mass is 336 g/mol. The van der Waals surface area contributed by atoms with Gasteiger partial charge in [-0.1, -0.05) is 29.8 Å². The number of amides is 1. The van der Waals surface area contributed by atoms with Gasteiger partial charge in [-0.3, -0.25) is 4.79 Å². The molecule has 0 aromatic heterocycles. The first-order valence-electron chi connectivity index (χ1n) is 7.12. The molecule has 0 aliphatic heterocycles. The average molecular weight is 337 g/mol. The zero-order chi connectivity index (χ0) is 16.8. The first-order chi connectivity index (χ1) is 11.0. The second-order valence-electron chi connectivity index (χ2n) is 5.03. The fraction of sp³-hybridized carbons (Fsp3) is 0.235. The van der Waals surface area contributed by atoms with Gasteiger partial charge in [0.15, 0.2) is 0 Å². The quantitative estimate of drug-likeness (QED) is 0.847. The molecule has 0 bridgehead atoms. The highest BCUT2D eigenvalue weighted by atomic mass is 35.5. The van der Waals surface area contributed by atoms with Crippen LogP contribution in [0, 0.1) is 5.82 Å². The van der Waals surface area contributed by atoms with Crippen molar-refractivity contribution >= 4 is 23.2 Å². The molecule has 0 saturated carbocycles. The van der Waals surface area contributed by atoms with E-state index in [9.17, 15) is 9.18 Å². The summed E-state index contributed by atoms with van der Waals surface area (Å²) in [5, 5.41) is 5.95. The SMILES string of the molecule is COc1ccccc1CN[C@@H](C)C(=O)Nc1ccc(F)cc1Cl. The molecule has 0 aliphatic carbocycles. The number of carbonyl (C=O) groups excluding carboxylic acids is 1. The van der Waals surface area contributed by atoms with Crippen molar-refractivity contribution in [3.05, 3.63) is 58.9 Å². The van der Waals surface area contributed by atoms with Crippen molar-refractivity contribution in [2.75, 3.05) is 12.4 Å². The van der Waals surface area contributed by atoms with Gasteiger partial charge in [-0.15, -0.1) is 0 Å². The zero-order valence-electron chi connectivity index (χ0n) is 12.9. The standard InChI is InChI=1S/C17H18ClFN2O2/c1-11(20-10-12-5-3-4-6-16(12)23-2)17(22)21-15-8-7-13(19)9-14(15)18/h3-9,11,20H,10H2,1-2H3,(H,21,22)/t11-/m0/s1. The van der Waals surface area contributed by atoms with Crippen LogP contribution in [0.25, 0.3) is 0 Å². The fourth-order valence-corrected chi connectivity index (χ4v) is 2.25. The van der Waals surface area contributed by atoms with Gasteiger partial charge in [0.05, 0.1) is 23.9 Å². The van der Waals surface area contributed by atoms with Gasteiger partial charge in [-0.05, 0) is 31.2 Å². The Labute approximate surface area is 139 Å². The Morgan fingerprint density at radius 1 is 1.30 bits per heavy atom. The molecule has 4 nitrogen and oxygen atoms in total. The van der Waals surface area contributed by atoms with E-state index in [2.05, 4.69) is 10.6 Å². The second kappa shape index (κ2) is 7.94. The van der Waals surface area contributed by atoms with E-state index in [1.165, 1.54) is 12.1 Å². The summed E-state index contributed by atoms with van der Waals surface area (Å²) in [5.41, 5.74) is 1.33. The molecule has 0 unspecified atom stereocenters. The van der Waals surface area contributed by atoms with Crippen LogP contribution >= 0.6 is 11.6 Å². The molecule has 1 atom stereocenters. The predicted molar refractivity (Wildman–Crippen MR) is 89.3 cm³/mol. The number of para-hydroxylation sites is 1. The fourth-order valence-electron chi connectivity index (χ4n) is 2.04. The van der Waals surface area contributed by atoms with Crippen molar-refractivity contribution in [3.63, 3.8) is 0 Å². The van der Waals surface area contributed by atoms with E-state index in [0.717, 1.165) is 17.4 Å². The Kier molecular flexibility index (Phi) is 5.96. The summed E-state index contributed by atoms with van der Waals surface area (Å²) in [4.78, 5) is 12.2. The van der Waals surface area contributed by atoms with Gasteiger partial charge in [0.25, 0.3) is 0 Å². The van der Waals surface area contributed by atoms with Crippen LogP contribution in [0.4, 0.5) is 10.1 Å². The van der Waals surface area contributed by atoms with Crippen molar-refractivity contribution in [1.82, 2.24) is 5.32 Å². The summed E-state index contributed by atoms with van der Waals surface area (Å²) in [6, 6.07) is 11.0. The van der Waals surface area contributed by atoms with Crippen molar-refractivity contribution in [2.24, 2.45) is 0 Å². The molecular weight excluding hydrogens is 319 g/mol.